The second-order valence-corrected chi connectivity index (χ2v) is 8.60. The number of carboxylic acid groups (broad SMARTS) is 1. The SMILES string of the molecule is CC1(C(=O)O)CCCN(S(=O)(=O)CC2CCCCC2)C1. The van der Waals surface area contributed by atoms with Crippen LogP contribution in [0.4, 0.5) is 0 Å². The van der Waals surface area contributed by atoms with E-state index in [0.717, 1.165) is 25.7 Å². The monoisotopic (exact) mass is 303 g/mol. The topological polar surface area (TPSA) is 74.7 Å². The van der Waals surface area contributed by atoms with Crippen LogP contribution < -0.4 is 0 Å². The third-order valence-corrected chi connectivity index (χ3v) is 6.73. The number of piperidine rings is 1. The van der Waals surface area contributed by atoms with Crippen molar-refractivity contribution in [1.82, 2.24) is 4.31 Å². The third-order valence-electron chi connectivity index (χ3n) is 4.74. The first-order valence-electron chi connectivity index (χ1n) is 7.55. The van der Waals surface area contributed by atoms with Crippen LogP contribution in [0.1, 0.15) is 51.9 Å². The molecule has 5 nitrogen and oxygen atoms in total. The Hall–Kier alpha value is -0.620. The van der Waals surface area contributed by atoms with E-state index in [-0.39, 0.29) is 18.2 Å². The van der Waals surface area contributed by atoms with E-state index >= 15 is 0 Å². The first-order valence-corrected chi connectivity index (χ1v) is 9.16. The second kappa shape index (κ2) is 6.02. The molecule has 2 aliphatic rings. The summed E-state index contributed by atoms with van der Waals surface area (Å²) in [6.07, 6.45) is 6.61. The molecule has 1 saturated carbocycles. The molecule has 0 amide bonds. The van der Waals surface area contributed by atoms with Crippen LogP contribution in [0.25, 0.3) is 0 Å². The van der Waals surface area contributed by atoms with Gasteiger partial charge in [0, 0.05) is 13.1 Å². The van der Waals surface area contributed by atoms with Gasteiger partial charge >= 0.3 is 5.97 Å². The zero-order valence-electron chi connectivity index (χ0n) is 12.2. The highest BCUT2D eigenvalue weighted by molar-refractivity contribution is 7.89. The number of hydrogen-bond acceptors (Lipinski definition) is 3. The van der Waals surface area contributed by atoms with E-state index in [1.807, 2.05) is 0 Å². The molecule has 1 atom stereocenters. The van der Waals surface area contributed by atoms with E-state index in [2.05, 4.69) is 0 Å². The highest BCUT2D eigenvalue weighted by atomic mass is 32.2. The fourth-order valence-corrected chi connectivity index (χ4v) is 5.39. The van der Waals surface area contributed by atoms with Crippen LogP contribution in [-0.2, 0) is 14.8 Å². The Balaban J connectivity index is 2.03. The van der Waals surface area contributed by atoms with Gasteiger partial charge in [-0.1, -0.05) is 19.3 Å². The van der Waals surface area contributed by atoms with Crippen molar-refractivity contribution < 1.29 is 18.3 Å². The Kier molecular flexibility index (Phi) is 4.74. The van der Waals surface area contributed by atoms with Gasteiger partial charge in [-0.3, -0.25) is 4.79 Å². The average Bonchev–Trinajstić information content (AvgIpc) is 2.39. The van der Waals surface area contributed by atoms with Crippen LogP contribution in [0, 0.1) is 11.3 Å². The van der Waals surface area contributed by atoms with Gasteiger partial charge in [0.05, 0.1) is 11.2 Å². The summed E-state index contributed by atoms with van der Waals surface area (Å²) in [4.78, 5) is 11.3. The molecule has 1 N–H and O–H groups in total. The van der Waals surface area contributed by atoms with Crippen LogP contribution >= 0.6 is 0 Å². The van der Waals surface area contributed by atoms with Crippen LogP contribution in [0.5, 0.6) is 0 Å². The Morgan fingerprint density at radius 1 is 1.25 bits per heavy atom. The van der Waals surface area contributed by atoms with Crippen LogP contribution in [0.2, 0.25) is 0 Å². The Morgan fingerprint density at radius 3 is 2.50 bits per heavy atom. The van der Waals surface area contributed by atoms with Gasteiger partial charge in [-0.05, 0) is 38.5 Å². The predicted octanol–water partition coefficient (Wildman–Crippen LogP) is 2.08. The van der Waals surface area contributed by atoms with E-state index in [4.69, 9.17) is 0 Å². The van der Waals surface area contributed by atoms with Crippen LogP contribution in [-0.4, -0.2) is 42.6 Å². The summed E-state index contributed by atoms with van der Waals surface area (Å²) >= 11 is 0. The molecule has 1 unspecified atom stereocenters. The summed E-state index contributed by atoms with van der Waals surface area (Å²) in [5.41, 5.74) is -0.933. The molecule has 2 rings (SSSR count). The first-order chi connectivity index (χ1) is 9.33. The average molecular weight is 303 g/mol. The summed E-state index contributed by atoms with van der Waals surface area (Å²) in [6, 6.07) is 0. The van der Waals surface area contributed by atoms with Crippen molar-refractivity contribution in [1.29, 1.82) is 0 Å². The van der Waals surface area contributed by atoms with Gasteiger partial charge in [-0.25, -0.2) is 12.7 Å². The summed E-state index contributed by atoms with van der Waals surface area (Å²) < 4.78 is 26.4. The van der Waals surface area contributed by atoms with Gasteiger partial charge in [-0.15, -0.1) is 0 Å². The number of nitrogens with zero attached hydrogens (tertiary/aromatic N) is 1. The zero-order valence-corrected chi connectivity index (χ0v) is 13.0. The highest BCUT2D eigenvalue weighted by Gasteiger charge is 2.41. The normalized spacial score (nSPS) is 30.2. The van der Waals surface area contributed by atoms with Gasteiger partial charge in [0.25, 0.3) is 0 Å². The maximum absolute atomic E-state index is 12.5. The molecule has 0 bridgehead atoms. The lowest BCUT2D eigenvalue weighted by atomic mass is 9.83. The lowest BCUT2D eigenvalue weighted by Gasteiger charge is -2.37. The van der Waals surface area contributed by atoms with Crippen molar-refractivity contribution in [2.45, 2.75) is 51.9 Å². The molecular weight excluding hydrogens is 278 g/mol. The maximum atomic E-state index is 12.5. The fourth-order valence-electron chi connectivity index (χ4n) is 3.36. The molecule has 116 valence electrons. The van der Waals surface area contributed by atoms with Gasteiger partial charge < -0.3 is 5.11 Å². The number of aliphatic carboxylic acids is 1. The highest BCUT2D eigenvalue weighted by Crippen LogP contribution is 2.32. The standard InChI is InChI=1S/C14H25NO4S/c1-14(13(16)17)8-5-9-15(11-14)20(18,19)10-12-6-3-2-4-7-12/h12H,2-11H2,1H3,(H,16,17). The first kappa shape index (κ1) is 15.8. The zero-order chi connectivity index (χ0) is 14.8. The number of hydrogen-bond donors (Lipinski definition) is 1. The number of carboxylic acids is 1. The van der Waals surface area contributed by atoms with Crippen molar-refractivity contribution in [3.05, 3.63) is 0 Å². The van der Waals surface area contributed by atoms with Crippen LogP contribution in [0.15, 0.2) is 0 Å². The van der Waals surface area contributed by atoms with E-state index in [1.54, 1.807) is 6.92 Å². The molecule has 0 spiro atoms. The number of rotatable bonds is 4. The Bertz CT molecular complexity index is 456. The molecule has 0 aromatic rings. The van der Waals surface area contributed by atoms with E-state index in [0.29, 0.717) is 19.4 Å². The molecule has 6 heteroatoms. The van der Waals surface area contributed by atoms with E-state index in [1.165, 1.54) is 10.7 Å². The smallest absolute Gasteiger partial charge is 0.310 e. The molecule has 20 heavy (non-hydrogen) atoms. The fraction of sp³-hybridized carbons (Fsp3) is 0.929. The van der Waals surface area contributed by atoms with E-state index < -0.39 is 21.4 Å². The largest absolute Gasteiger partial charge is 0.481 e. The van der Waals surface area contributed by atoms with Crippen molar-refractivity contribution in [2.24, 2.45) is 11.3 Å². The van der Waals surface area contributed by atoms with Crippen molar-refractivity contribution >= 4 is 16.0 Å². The maximum Gasteiger partial charge on any atom is 0.310 e. The summed E-state index contributed by atoms with van der Waals surface area (Å²) in [5, 5.41) is 9.28. The van der Waals surface area contributed by atoms with Crippen molar-refractivity contribution in [3.8, 4) is 0 Å². The lowest BCUT2D eigenvalue weighted by Crippen LogP contribution is -2.49. The third kappa shape index (κ3) is 3.52. The molecule has 0 aromatic carbocycles. The quantitative estimate of drug-likeness (QED) is 0.863. The van der Waals surface area contributed by atoms with Crippen molar-refractivity contribution in [3.63, 3.8) is 0 Å². The van der Waals surface area contributed by atoms with Gasteiger partial charge in [0.15, 0.2) is 0 Å². The molecule has 2 fully saturated rings. The van der Waals surface area contributed by atoms with Gasteiger partial charge in [-0.2, -0.15) is 0 Å². The lowest BCUT2D eigenvalue weighted by molar-refractivity contribution is -0.150. The molecule has 0 aromatic heterocycles. The summed E-state index contributed by atoms with van der Waals surface area (Å²) in [7, 11) is -3.32. The molecular formula is C14H25NO4S. The van der Waals surface area contributed by atoms with Gasteiger partial charge in [0.2, 0.25) is 10.0 Å². The van der Waals surface area contributed by atoms with E-state index in [9.17, 15) is 18.3 Å². The predicted molar refractivity (Wildman–Crippen MR) is 76.9 cm³/mol. The van der Waals surface area contributed by atoms with Gasteiger partial charge in [0.1, 0.15) is 0 Å². The second-order valence-electron chi connectivity index (χ2n) is 6.59. The molecule has 1 aliphatic heterocycles. The molecule has 1 aliphatic carbocycles. The molecule has 1 heterocycles. The molecule has 0 radical (unpaired) electrons. The minimum Gasteiger partial charge on any atom is -0.481 e. The number of carbonyl (C=O) groups is 1. The Morgan fingerprint density at radius 2 is 1.90 bits per heavy atom. The number of sulfonamides is 1. The minimum atomic E-state index is -3.32. The minimum absolute atomic E-state index is 0.122. The van der Waals surface area contributed by atoms with Crippen molar-refractivity contribution in [2.75, 3.05) is 18.8 Å². The summed E-state index contributed by atoms with van der Waals surface area (Å²) in [6.45, 7) is 2.24. The Labute approximate surface area is 121 Å². The van der Waals surface area contributed by atoms with Crippen LogP contribution in [0.3, 0.4) is 0 Å². The molecule has 1 saturated heterocycles. The summed E-state index contributed by atoms with van der Waals surface area (Å²) in [5.74, 6) is -0.440.